The van der Waals surface area contributed by atoms with Crippen LogP contribution in [-0.2, 0) is 6.54 Å². The molecule has 0 bridgehead atoms. The number of fused-ring (bicyclic) bond motifs is 1. The summed E-state index contributed by atoms with van der Waals surface area (Å²) in [7, 11) is 0. The SMILES string of the molecule is CCNC(=NCc1cccc2cccnc12)N1CCCC1. The van der Waals surface area contributed by atoms with Crippen molar-refractivity contribution in [2.75, 3.05) is 19.6 Å². The van der Waals surface area contributed by atoms with E-state index in [2.05, 4.69) is 46.4 Å². The van der Waals surface area contributed by atoms with Gasteiger partial charge in [0.05, 0.1) is 12.1 Å². The predicted molar refractivity (Wildman–Crippen MR) is 87.4 cm³/mol. The lowest BCUT2D eigenvalue weighted by Gasteiger charge is -2.20. The fraction of sp³-hybridized carbons (Fsp3) is 0.412. The minimum Gasteiger partial charge on any atom is -0.357 e. The maximum absolute atomic E-state index is 4.81. The summed E-state index contributed by atoms with van der Waals surface area (Å²) in [5.74, 6) is 1.03. The Hall–Kier alpha value is -2.10. The summed E-state index contributed by atoms with van der Waals surface area (Å²) in [5, 5.41) is 4.58. The Morgan fingerprint density at radius 1 is 1.24 bits per heavy atom. The Bertz CT molecular complexity index is 624. The van der Waals surface area contributed by atoms with E-state index >= 15 is 0 Å². The van der Waals surface area contributed by atoms with Gasteiger partial charge in [-0.25, -0.2) is 4.99 Å². The van der Waals surface area contributed by atoms with Gasteiger partial charge in [-0.05, 0) is 31.4 Å². The lowest BCUT2D eigenvalue weighted by Crippen LogP contribution is -2.39. The van der Waals surface area contributed by atoms with E-state index in [1.54, 1.807) is 0 Å². The van der Waals surface area contributed by atoms with E-state index in [-0.39, 0.29) is 0 Å². The Labute approximate surface area is 125 Å². The molecule has 2 aromatic rings. The largest absolute Gasteiger partial charge is 0.357 e. The van der Waals surface area contributed by atoms with Crippen LogP contribution in [0.4, 0.5) is 0 Å². The van der Waals surface area contributed by atoms with Gasteiger partial charge >= 0.3 is 0 Å². The maximum atomic E-state index is 4.81. The number of para-hydroxylation sites is 1. The number of nitrogens with one attached hydrogen (secondary N) is 1. The fourth-order valence-electron chi connectivity index (χ4n) is 2.81. The van der Waals surface area contributed by atoms with Crippen LogP contribution in [-0.4, -0.2) is 35.5 Å². The minimum atomic E-state index is 0.674. The third-order valence-electron chi connectivity index (χ3n) is 3.86. The van der Waals surface area contributed by atoms with Crippen LogP contribution in [0.2, 0.25) is 0 Å². The molecule has 1 aromatic carbocycles. The molecule has 0 aliphatic carbocycles. The van der Waals surface area contributed by atoms with Gasteiger partial charge in [0.1, 0.15) is 0 Å². The third kappa shape index (κ3) is 3.15. The summed E-state index contributed by atoms with van der Waals surface area (Å²) in [6.07, 6.45) is 4.38. The zero-order valence-electron chi connectivity index (χ0n) is 12.5. The molecule has 4 heteroatoms. The molecule has 0 spiro atoms. The Morgan fingerprint density at radius 2 is 2.05 bits per heavy atom. The van der Waals surface area contributed by atoms with Gasteiger partial charge in [-0.15, -0.1) is 0 Å². The Balaban J connectivity index is 1.84. The third-order valence-corrected chi connectivity index (χ3v) is 3.86. The summed E-state index contributed by atoms with van der Waals surface area (Å²) in [5.41, 5.74) is 2.24. The first-order valence-corrected chi connectivity index (χ1v) is 7.74. The summed E-state index contributed by atoms with van der Waals surface area (Å²) in [4.78, 5) is 11.7. The first-order chi connectivity index (χ1) is 10.4. The number of hydrogen-bond donors (Lipinski definition) is 1. The molecule has 2 heterocycles. The van der Waals surface area contributed by atoms with Crippen LogP contribution in [0.25, 0.3) is 10.9 Å². The summed E-state index contributed by atoms with van der Waals surface area (Å²) in [6.45, 7) is 5.92. The zero-order valence-corrected chi connectivity index (χ0v) is 12.5. The fourth-order valence-corrected chi connectivity index (χ4v) is 2.81. The molecule has 0 amide bonds. The molecule has 0 saturated carbocycles. The van der Waals surface area contributed by atoms with Gasteiger partial charge in [-0.3, -0.25) is 4.98 Å². The molecule has 1 saturated heterocycles. The normalized spacial score (nSPS) is 15.7. The number of likely N-dealkylation sites (tertiary alicyclic amines) is 1. The number of hydrogen-bond acceptors (Lipinski definition) is 2. The molecule has 1 N–H and O–H groups in total. The van der Waals surface area contributed by atoms with Gasteiger partial charge < -0.3 is 10.2 Å². The average molecular weight is 282 g/mol. The first-order valence-electron chi connectivity index (χ1n) is 7.74. The van der Waals surface area contributed by atoms with Crippen molar-refractivity contribution in [3.8, 4) is 0 Å². The van der Waals surface area contributed by atoms with Gasteiger partial charge in [-0.1, -0.05) is 24.3 Å². The van der Waals surface area contributed by atoms with E-state index in [4.69, 9.17) is 4.99 Å². The molecular weight excluding hydrogens is 260 g/mol. The van der Waals surface area contributed by atoms with Gasteiger partial charge in [0, 0.05) is 31.2 Å². The van der Waals surface area contributed by atoms with Crippen LogP contribution in [0.3, 0.4) is 0 Å². The van der Waals surface area contributed by atoms with E-state index < -0.39 is 0 Å². The number of guanidine groups is 1. The summed E-state index contributed by atoms with van der Waals surface area (Å²) >= 11 is 0. The van der Waals surface area contributed by atoms with Crippen molar-refractivity contribution in [2.45, 2.75) is 26.3 Å². The van der Waals surface area contributed by atoms with E-state index in [1.807, 2.05) is 12.3 Å². The van der Waals surface area contributed by atoms with Crippen molar-refractivity contribution < 1.29 is 0 Å². The van der Waals surface area contributed by atoms with Crippen LogP contribution >= 0.6 is 0 Å². The van der Waals surface area contributed by atoms with Gasteiger partial charge in [0.25, 0.3) is 0 Å². The number of nitrogens with zero attached hydrogens (tertiary/aromatic N) is 3. The highest BCUT2D eigenvalue weighted by Crippen LogP contribution is 2.17. The topological polar surface area (TPSA) is 40.5 Å². The van der Waals surface area contributed by atoms with Crippen LogP contribution in [0.1, 0.15) is 25.3 Å². The predicted octanol–water partition coefficient (Wildman–Crippen LogP) is 2.80. The molecule has 3 rings (SSSR count). The number of pyridine rings is 1. The lowest BCUT2D eigenvalue weighted by molar-refractivity contribution is 0.494. The monoisotopic (exact) mass is 282 g/mol. The molecule has 1 aromatic heterocycles. The maximum Gasteiger partial charge on any atom is 0.194 e. The molecular formula is C17H22N4. The molecule has 21 heavy (non-hydrogen) atoms. The highest BCUT2D eigenvalue weighted by atomic mass is 15.3. The number of benzene rings is 1. The standard InChI is InChI=1S/C17H22N4/c1-2-18-17(21-11-3-4-12-21)20-13-15-8-5-7-14-9-6-10-19-16(14)15/h5-10H,2-4,11-13H2,1H3,(H,18,20). The molecule has 1 aliphatic rings. The van der Waals surface area contributed by atoms with E-state index in [1.165, 1.54) is 23.8 Å². The van der Waals surface area contributed by atoms with Crippen molar-refractivity contribution >= 4 is 16.9 Å². The quantitative estimate of drug-likeness (QED) is 0.695. The van der Waals surface area contributed by atoms with Crippen LogP contribution in [0.15, 0.2) is 41.5 Å². The van der Waals surface area contributed by atoms with E-state index in [0.29, 0.717) is 6.54 Å². The second-order valence-corrected chi connectivity index (χ2v) is 5.36. The molecule has 1 fully saturated rings. The molecule has 0 unspecified atom stereocenters. The molecule has 4 nitrogen and oxygen atoms in total. The lowest BCUT2D eigenvalue weighted by atomic mass is 10.1. The first kappa shape index (κ1) is 13.9. The Morgan fingerprint density at radius 3 is 2.86 bits per heavy atom. The summed E-state index contributed by atoms with van der Waals surface area (Å²) < 4.78 is 0. The van der Waals surface area contributed by atoms with Crippen molar-refractivity contribution in [1.29, 1.82) is 0 Å². The molecule has 1 aliphatic heterocycles. The minimum absolute atomic E-state index is 0.674. The van der Waals surface area contributed by atoms with Gasteiger partial charge in [0.2, 0.25) is 0 Å². The summed E-state index contributed by atoms with van der Waals surface area (Å²) in [6, 6.07) is 10.4. The molecule has 0 atom stereocenters. The highest BCUT2D eigenvalue weighted by molar-refractivity contribution is 5.83. The number of aromatic nitrogens is 1. The average Bonchev–Trinajstić information content (AvgIpc) is 3.05. The molecule has 110 valence electrons. The van der Waals surface area contributed by atoms with Crippen molar-refractivity contribution in [1.82, 2.24) is 15.2 Å². The zero-order chi connectivity index (χ0) is 14.5. The second-order valence-electron chi connectivity index (χ2n) is 5.36. The van der Waals surface area contributed by atoms with Crippen molar-refractivity contribution in [2.24, 2.45) is 4.99 Å². The van der Waals surface area contributed by atoms with Crippen molar-refractivity contribution in [3.05, 3.63) is 42.1 Å². The Kier molecular flexibility index (Phi) is 4.34. The van der Waals surface area contributed by atoms with Crippen LogP contribution in [0, 0.1) is 0 Å². The number of aliphatic imine (C=N–C) groups is 1. The molecule has 0 radical (unpaired) electrons. The van der Waals surface area contributed by atoms with E-state index in [0.717, 1.165) is 31.1 Å². The van der Waals surface area contributed by atoms with Gasteiger partial charge in [0.15, 0.2) is 5.96 Å². The highest BCUT2D eigenvalue weighted by Gasteiger charge is 2.15. The van der Waals surface area contributed by atoms with Crippen LogP contribution in [0.5, 0.6) is 0 Å². The van der Waals surface area contributed by atoms with Crippen molar-refractivity contribution in [3.63, 3.8) is 0 Å². The van der Waals surface area contributed by atoms with Gasteiger partial charge in [-0.2, -0.15) is 0 Å². The van der Waals surface area contributed by atoms with Crippen LogP contribution < -0.4 is 5.32 Å². The second kappa shape index (κ2) is 6.57. The number of rotatable bonds is 3. The smallest absolute Gasteiger partial charge is 0.194 e. The van der Waals surface area contributed by atoms with E-state index in [9.17, 15) is 0 Å².